The maximum Gasteiger partial charge on any atom is 0.141 e. The molecule has 0 fully saturated rings. The maximum absolute atomic E-state index is 9.83. The van der Waals surface area contributed by atoms with E-state index in [1.807, 2.05) is 45.2 Å². The van der Waals surface area contributed by atoms with Gasteiger partial charge in [-0.1, -0.05) is 0 Å². The number of phenols is 4. The first-order valence-corrected chi connectivity index (χ1v) is 8.05. The van der Waals surface area contributed by atoms with Crippen LogP contribution in [0.2, 0.25) is 0 Å². The van der Waals surface area contributed by atoms with E-state index in [2.05, 4.69) is 10.2 Å². The van der Waals surface area contributed by atoms with Crippen molar-refractivity contribution in [1.29, 1.82) is 0 Å². The minimum Gasteiger partial charge on any atom is -0.507 e. The largest absolute Gasteiger partial charge is 0.507 e. The average Bonchev–Trinajstić information content (AvgIpc) is 2.50. The molecule has 0 saturated heterocycles. The van der Waals surface area contributed by atoms with Crippen molar-refractivity contribution in [2.24, 2.45) is 10.2 Å². The topological polar surface area (TPSA) is 106 Å². The molecule has 0 heterocycles. The van der Waals surface area contributed by atoms with Crippen molar-refractivity contribution in [2.75, 3.05) is 0 Å². The van der Waals surface area contributed by atoms with Gasteiger partial charge in [-0.15, -0.1) is 0 Å². The third kappa shape index (κ3) is 3.61. The highest BCUT2D eigenvalue weighted by Crippen LogP contribution is 2.31. The van der Waals surface area contributed by atoms with Gasteiger partial charge in [0.05, 0.1) is 19.6 Å². The van der Waals surface area contributed by atoms with Gasteiger partial charge in [0.1, 0.15) is 23.0 Å². The van der Waals surface area contributed by atoms with E-state index in [1.165, 1.54) is 36.7 Å². The Hall–Kier alpha value is -1.56. The Morgan fingerprint density at radius 2 is 1.05 bits per heavy atom. The number of hydrogen-bond acceptors (Lipinski definition) is 6. The van der Waals surface area contributed by atoms with Crippen LogP contribution in [0.25, 0.3) is 0 Å². The number of halogens is 2. The summed E-state index contributed by atoms with van der Waals surface area (Å²) >= 11 is 3.64. The highest BCUT2D eigenvalue weighted by atomic mass is 127. The van der Waals surface area contributed by atoms with Gasteiger partial charge < -0.3 is 20.4 Å². The first kappa shape index (κ1) is 16.8. The molecule has 22 heavy (non-hydrogen) atoms. The molecule has 2 rings (SSSR count). The second kappa shape index (κ2) is 7.13. The number of aromatic hydroxyl groups is 4. The van der Waals surface area contributed by atoms with Crippen molar-refractivity contribution in [2.45, 2.75) is 0 Å². The van der Waals surface area contributed by atoms with Crippen molar-refractivity contribution in [1.82, 2.24) is 0 Å². The molecule has 6 nitrogen and oxygen atoms in total. The smallest absolute Gasteiger partial charge is 0.141 e. The van der Waals surface area contributed by atoms with Crippen LogP contribution in [0.3, 0.4) is 0 Å². The van der Waals surface area contributed by atoms with Gasteiger partial charge >= 0.3 is 0 Å². The lowest BCUT2D eigenvalue weighted by molar-refractivity contribution is 0.442. The zero-order valence-electron chi connectivity index (χ0n) is 10.9. The quantitative estimate of drug-likeness (QED) is 0.282. The number of rotatable bonds is 3. The lowest BCUT2D eigenvalue weighted by atomic mass is 10.2. The zero-order chi connectivity index (χ0) is 16.3. The Morgan fingerprint density at radius 3 is 1.41 bits per heavy atom. The fourth-order valence-corrected chi connectivity index (χ4v) is 2.52. The van der Waals surface area contributed by atoms with Gasteiger partial charge in [-0.3, -0.25) is 0 Å². The first-order chi connectivity index (χ1) is 10.4. The molecule has 8 heteroatoms. The molecule has 0 saturated carbocycles. The van der Waals surface area contributed by atoms with E-state index < -0.39 is 0 Å². The normalized spacial score (nSPS) is 11.5. The summed E-state index contributed by atoms with van der Waals surface area (Å²) < 4.78 is 0.660. The van der Waals surface area contributed by atoms with Crippen molar-refractivity contribution in [3.8, 4) is 23.0 Å². The van der Waals surface area contributed by atoms with Crippen LogP contribution >= 0.6 is 45.2 Å². The molecular weight excluding hydrogens is 514 g/mol. The zero-order valence-corrected chi connectivity index (χ0v) is 15.2. The first-order valence-electron chi connectivity index (χ1n) is 5.89. The number of phenolic OH excluding ortho intramolecular Hbond substituents is 4. The second-order valence-electron chi connectivity index (χ2n) is 4.16. The Kier molecular flexibility index (Phi) is 5.45. The molecule has 4 N–H and O–H groups in total. The van der Waals surface area contributed by atoms with Crippen LogP contribution in [0.15, 0.2) is 34.5 Å². The number of hydrogen-bond donors (Lipinski definition) is 4. The van der Waals surface area contributed by atoms with Gasteiger partial charge in [-0.2, -0.15) is 10.2 Å². The van der Waals surface area contributed by atoms with Crippen LogP contribution < -0.4 is 0 Å². The molecule has 114 valence electrons. The molecule has 0 aliphatic carbocycles. The van der Waals surface area contributed by atoms with Crippen molar-refractivity contribution in [3.63, 3.8) is 0 Å². The average molecular weight is 524 g/mol. The van der Waals surface area contributed by atoms with E-state index in [0.717, 1.165) is 0 Å². The van der Waals surface area contributed by atoms with E-state index in [1.54, 1.807) is 0 Å². The van der Waals surface area contributed by atoms with Gasteiger partial charge in [0, 0.05) is 11.1 Å². The minimum absolute atomic E-state index is 0.0117. The Bertz CT molecular complexity index is 710. The molecule has 0 aliphatic rings. The van der Waals surface area contributed by atoms with Gasteiger partial charge in [0.2, 0.25) is 0 Å². The third-order valence-electron chi connectivity index (χ3n) is 2.71. The Labute approximate surface area is 153 Å². The van der Waals surface area contributed by atoms with Gasteiger partial charge in [0.25, 0.3) is 0 Å². The molecule has 0 atom stereocenters. The predicted molar refractivity (Wildman–Crippen MR) is 100 cm³/mol. The molecule has 2 aromatic rings. The van der Waals surface area contributed by atoms with E-state index >= 15 is 0 Å². The molecule has 0 aromatic heterocycles. The monoisotopic (exact) mass is 524 g/mol. The van der Waals surface area contributed by atoms with Crippen molar-refractivity contribution >= 4 is 57.6 Å². The Morgan fingerprint density at radius 1 is 0.682 bits per heavy atom. The number of benzene rings is 2. The summed E-state index contributed by atoms with van der Waals surface area (Å²) in [6.45, 7) is 0. The standard InChI is InChI=1S/C14H10I2N2O4/c15-11-9(19)3-1-7(13(11)21)5-17-18-6-8-2-4-10(20)12(16)14(8)22/h1-6,19-22H/b17-5+,18-6+. The van der Waals surface area contributed by atoms with Crippen molar-refractivity contribution in [3.05, 3.63) is 42.5 Å². The lowest BCUT2D eigenvalue weighted by Gasteiger charge is -2.03. The van der Waals surface area contributed by atoms with Gasteiger partial charge in [-0.05, 0) is 69.4 Å². The summed E-state index contributed by atoms with van der Waals surface area (Å²) in [6, 6.07) is 5.90. The number of nitrogens with zero attached hydrogens (tertiary/aromatic N) is 2. The van der Waals surface area contributed by atoms with Gasteiger partial charge in [-0.25, -0.2) is 0 Å². The van der Waals surface area contributed by atoms with Gasteiger partial charge in [0.15, 0.2) is 0 Å². The summed E-state index contributed by atoms with van der Waals surface area (Å²) in [6.07, 6.45) is 2.66. The van der Waals surface area contributed by atoms with Crippen LogP contribution in [0.1, 0.15) is 11.1 Å². The summed E-state index contributed by atoms with van der Waals surface area (Å²) in [5.74, 6) is -0.187. The molecule has 2 aromatic carbocycles. The van der Waals surface area contributed by atoms with Crippen LogP contribution in [-0.2, 0) is 0 Å². The third-order valence-corrected chi connectivity index (χ3v) is 4.84. The summed E-state index contributed by atoms with van der Waals surface area (Å²) in [5, 5.41) is 46.1. The summed E-state index contributed by atoms with van der Waals surface area (Å²) in [4.78, 5) is 0. The lowest BCUT2D eigenvalue weighted by Crippen LogP contribution is -1.87. The summed E-state index contributed by atoms with van der Waals surface area (Å²) in [7, 11) is 0. The van der Waals surface area contributed by atoms with E-state index in [-0.39, 0.29) is 23.0 Å². The van der Waals surface area contributed by atoms with E-state index in [9.17, 15) is 20.4 Å². The van der Waals surface area contributed by atoms with Crippen LogP contribution in [-0.4, -0.2) is 32.9 Å². The molecular formula is C14H10I2N2O4. The fraction of sp³-hybridized carbons (Fsp3) is 0. The van der Waals surface area contributed by atoms with E-state index in [4.69, 9.17) is 0 Å². The molecule has 0 unspecified atom stereocenters. The van der Waals surface area contributed by atoms with Crippen molar-refractivity contribution < 1.29 is 20.4 Å². The molecule has 0 amide bonds. The van der Waals surface area contributed by atoms with Crippen LogP contribution in [0.5, 0.6) is 23.0 Å². The molecule has 0 aliphatic heterocycles. The van der Waals surface area contributed by atoms with Crippen LogP contribution in [0, 0.1) is 7.14 Å². The summed E-state index contributed by atoms with van der Waals surface area (Å²) in [5.41, 5.74) is 0.813. The maximum atomic E-state index is 9.83. The van der Waals surface area contributed by atoms with Crippen LogP contribution in [0.4, 0.5) is 0 Å². The molecule has 0 spiro atoms. The Balaban J connectivity index is 2.20. The highest BCUT2D eigenvalue weighted by Gasteiger charge is 2.08. The second-order valence-corrected chi connectivity index (χ2v) is 6.32. The SMILES string of the molecule is Oc1ccc(/C=N/N=C/c2ccc(O)c(I)c2O)c(O)c1I. The predicted octanol–water partition coefficient (Wildman–Crippen LogP) is 3.17. The minimum atomic E-state index is -0.0819. The van der Waals surface area contributed by atoms with E-state index in [0.29, 0.717) is 18.3 Å². The molecule has 0 bridgehead atoms. The highest BCUT2D eigenvalue weighted by molar-refractivity contribution is 14.1. The fourth-order valence-electron chi connectivity index (χ4n) is 1.54. The molecule has 0 radical (unpaired) electrons.